The van der Waals surface area contributed by atoms with E-state index in [1.165, 1.54) is 0 Å². The average Bonchev–Trinajstić information content (AvgIpc) is 2.20. The average molecular weight is 244 g/mol. The molecule has 0 aromatic carbocycles. The van der Waals surface area contributed by atoms with Gasteiger partial charge in [0.1, 0.15) is 0 Å². The first kappa shape index (κ1) is 15.9. The SMILES string of the molecule is CC(C)[C@@H](O)CNC(=O)CNC(=O)C(C)(C)C. The van der Waals surface area contributed by atoms with Crippen molar-refractivity contribution in [2.45, 2.75) is 40.7 Å². The number of rotatable bonds is 5. The molecule has 0 radical (unpaired) electrons. The third-order valence-electron chi connectivity index (χ3n) is 2.37. The van der Waals surface area contributed by atoms with Crippen LogP contribution in [0.3, 0.4) is 0 Å². The topological polar surface area (TPSA) is 78.4 Å². The summed E-state index contributed by atoms with van der Waals surface area (Å²) < 4.78 is 0. The first-order valence-corrected chi connectivity index (χ1v) is 5.87. The summed E-state index contributed by atoms with van der Waals surface area (Å²) in [6, 6.07) is 0. The highest BCUT2D eigenvalue weighted by molar-refractivity contribution is 5.87. The number of amides is 2. The molecule has 0 aromatic rings. The summed E-state index contributed by atoms with van der Waals surface area (Å²) in [6.45, 7) is 9.24. The van der Waals surface area contributed by atoms with E-state index < -0.39 is 11.5 Å². The normalized spacial score (nSPS) is 13.4. The van der Waals surface area contributed by atoms with Gasteiger partial charge in [0.15, 0.2) is 0 Å². The summed E-state index contributed by atoms with van der Waals surface area (Å²) in [5.74, 6) is -0.362. The molecule has 0 aromatic heterocycles. The van der Waals surface area contributed by atoms with Crippen molar-refractivity contribution in [2.24, 2.45) is 11.3 Å². The molecular formula is C12H24N2O3. The highest BCUT2D eigenvalue weighted by Crippen LogP contribution is 2.11. The standard InChI is InChI=1S/C12H24N2O3/c1-8(2)9(15)6-13-10(16)7-14-11(17)12(3,4)5/h8-9,15H,6-7H2,1-5H3,(H,13,16)(H,14,17)/t9-/m0/s1. The van der Waals surface area contributed by atoms with Gasteiger partial charge in [0.05, 0.1) is 12.6 Å². The maximum atomic E-state index is 11.5. The van der Waals surface area contributed by atoms with Crippen LogP contribution in [0.5, 0.6) is 0 Å². The van der Waals surface area contributed by atoms with Crippen LogP contribution in [0.2, 0.25) is 0 Å². The molecule has 1 atom stereocenters. The summed E-state index contributed by atoms with van der Waals surface area (Å²) >= 11 is 0. The Bertz CT molecular complexity index is 269. The molecule has 3 N–H and O–H groups in total. The molecule has 0 aliphatic heterocycles. The van der Waals surface area contributed by atoms with E-state index in [0.717, 1.165) is 0 Å². The third-order valence-corrected chi connectivity index (χ3v) is 2.37. The van der Waals surface area contributed by atoms with Gasteiger partial charge in [0.2, 0.25) is 11.8 Å². The minimum absolute atomic E-state index is 0.0546. The zero-order valence-electron chi connectivity index (χ0n) is 11.3. The molecular weight excluding hydrogens is 220 g/mol. The molecule has 0 bridgehead atoms. The van der Waals surface area contributed by atoms with Gasteiger partial charge < -0.3 is 15.7 Å². The van der Waals surface area contributed by atoms with E-state index in [-0.39, 0.29) is 30.8 Å². The molecule has 17 heavy (non-hydrogen) atoms. The quantitative estimate of drug-likeness (QED) is 0.650. The molecule has 0 spiro atoms. The van der Waals surface area contributed by atoms with Crippen LogP contribution in [0.15, 0.2) is 0 Å². The van der Waals surface area contributed by atoms with Crippen molar-refractivity contribution < 1.29 is 14.7 Å². The van der Waals surface area contributed by atoms with E-state index in [9.17, 15) is 14.7 Å². The number of aliphatic hydroxyl groups is 1. The van der Waals surface area contributed by atoms with E-state index in [0.29, 0.717) is 0 Å². The zero-order chi connectivity index (χ0) is 13.6. The Morgan fingerprint density at radius 3 is 2.12 bits per heavy atom. The summed E-state index contributed by atoms with van der Waals surface area (Å²) in [5, 5.41) is 14.6. The van der Waals surface area contributed by atoms with Crippen LogP contribution in [0.4, 0.5) is 0 Å². The van der Waals surface area contributed by atoms with E-state index in [4.69, 9.17) is 0 Å². The van der Waals surface area contributed by atoms with Gasteiger partial charge in [-0.1, -0.05) is 34.6 Å². The van der Waals surface area contributed by atoms with Crippen LogP contribution >= 0.6 is 0 Å². The van der Waals surface area contributed by atoms with Crippen LogP contribution in [0.1, 0.15) is 34.6 Å². The van der Waals surface area contributed by atoms with Crippen molar-refractivity contribution in [3.05, 3.63) is 0 Å². The van der Waals surface area contributed by atoms with Crippen LogP contribution in [0.25, 0.3) is 0 Å². The second-order valence-electron chi connectivity index (χ2n) is 5.55. The van der Waals surface area contributed by atoms with E-state index in [1.54, 1.807) is 20.8 Å². The Morgan fingerprint density at radius 2 is 1.71 bits per heavy atom. The van der Waals surface area contributed by atoms with Crippen molar-refractivity contribution in [1.82, 2.24) is 10.6 Å². The first-order chi connectivity index (χ1) is 7.64. The molecule has 0 aliphatic carbocycles. The number of aliphatic hydroxyl groups excluding tert-OH is 1. The summed E-state index contributed by atoms with van der Waals surface area (Å²) in [4.78, 5) is 22.8. The fourth-order valence-electron chi connectivity index (χ4n) is 0.942. The fourth-order valence-corrected chi connectivity index (χ4v) is 0.942. The lowest BCUT2D eigenvalue weighted by Crippen LogP contribution is -2.43. The molecule has 0 saturated carbocycles. The van der Waals surface area contributed by atoms with Crippen LogP contribution < -0.4 is 10.6 Å². The molecule has 0 aliphatic rings. The van der Waals surface area contributed by atoms with Crippen molar-refractivity contribution in [1.29, 1.82) is 0 Å². The van der Waals surface area contributed by atoms with Crippen LogP contribution in [0, 0.1) is 11.3 Å². The van der Waals surface area contributed by atoms with Gasteiger partial charge in [0, 0.05) is 12.0 Å². The van der Waals surface area contributed by atoms with Crippen molar-refractivity contribution in [3.63, 3.8) is 0 Å². The number of nitrogens with one attached hydrogen (secondary N) is 2. The highest BCUT2D eigenvalue weighted by atomic mass is 16.3. The van der Waals surface area contributed by atoms with Gasteiger partial charge in [0.25, 0.3) is 0 Å². The maximum absolute atomic E-state index is 11.5. The highest BCUT2D eigenvalue weighted by Gasteiger charge is 2.21. The molecule has 0 fully saturated rings. The second-order valence-corrected chi connectivity index (χ2v) is 5.55. The number of hydrogen-bond acceptors (Lipinski definition) is 3. The largest absolute Gasteiger partial charge is 0.391 e. The summed E-state index contributed by atoms with van der Waals surface area (Å²) in [7, 11) is 0. The van der Waals surface area contributed by atoms with Gasteiger partial charge in [-0.05, 0) is 5.92 Å². The summed E-state index contributed by atoms with van der Waals surface area (Å²) in [6.07, 6.45) is -0.558. The Balaban J connectivity index is 3.86. The second kappa shape index (κ2) is 6.59. The molecule has 0 heterocycles. The molecule has 0 saturated heterocycles. The Kier molecular flexibility index (Phi) is 6.16. The number of carbonyl (C=O) groups excluding carboxylic acids is 2. The van der Waals surface area contributed by atoms with Crippen molar-refractivity contribution in [2.75, 3.05) is 13.1 Å². The van der Waals surface area contributed by atoms with E-state index >= 15 is 0 Å². The molecule has 5 nitrogen and oxygen atoms in total. The fraction of sp³-hybridized carbons (Fsp3) is 0.833. The van der Waals surface area contributed by atoms with Crippen LogP contribution in [-0.4, -0.2) is 36.1 Å². The lowest BCUT2D eigenvalue weighted by Gasteiger charge is -2.18. The Hall–Kier alpha value is -1.10. The minimum Gasteiger partial charge on any atom is -0.391 e. The zero-order valence-corrected chi connectivity index (χ0v) is 11.3. The van der Waals surface area contributed by atoms with Gasteiger partial charge in [-0.3, -0.25) is 9.59 Å². The third kappa shape index (κ3) is 6.94. The number of carbonyl (C=O) groups is 2. The van der Waals surface area contributed by atoms with E-state index in [2.05, 4.69) is 10.6 Å². The number of hydrogen-bond donors (Lipinski definition) is 3. The molecule has 0 rings (SSSR count). The van der Waals surface area contributed by atoms with Crippen molar-refractivity contribution >= 4 is 11.8 Å². The van der Waals surface area contributed by atoms with Gasteiger partial charge in [-0.2, -0.15) is 0 Å². The van der Waals surface area contributed by atoms with Crippen LogP contribution in [-0.2, 0) is 9.59 Å². The molecule has 5 heteroatoms. The lowest BCUT2D eigenvalue weighted by atomic mass is 9.96. The van der Waals surface area contributed by atoms with Crippen molar-refractivity contribution in [3.8, 4) is 0 Å². The molecule has 2 amide bonds. The summed E-state index contributed by atoms with van der Waals surface area (Å²) in [5.41, 5.74) is -0.502. The predicted octanol–water partition coefficient (Wildman–Crippen LogP) is 0.282. The lowest BCUT2D eigenvalue weighted by molar-refractivity contribution is -0.131. The molecule has 0 unspecified atom stereocenters. The minimum atomic E-state index is -0.558. The van der Waals surface area contributed by atoms with E-state index in [1.807, 2.05) is 13.8 Å². The first-order valence-electron chi connectivity index (χ1n) is 5.87. The van der Waals surface area contributed by atoms with Gasteiger partial charge in [-0.15, -0.1) is 0 Å². The monoisotopic (exact) mass is 244 g/mol. The molecule has 100 valence electrons. The van der Waals surface area contributed by atoms with Gasteiger partial charge in [-0.25, -0.2) is 0 Å². The Labute approximate surface area is 103 Å². The predicted molar refractivity (Wildman–Crippen MR) is 66.3 cm³/mol. The Morgan fingerprint density at radius 1 is 1.18 bits per heavy atom. The smallest absolute Gasteiger partial charge is 0.239 e. The maximum Gasteiger partial charge on any atom is 0.239 e. The van der Waals surface area contributed by atoms with Gasteiger partial charge >= 0.3 is 0 Å².